The molecule has 0 radical (unpaired) electrons. The van der Waals surface area contributed by atoms with Crippen molar-refractivity contribution in [2.75, 3.05) is 33.2 Å². The fourth-order valence-electron chi connectivity index (χ4n) is 2.73. The summed E-state index contributed by atoms with van der Waals surface area (Å²) in [6.07, 6.45) is 5.20. The smallest absolute Gasteiger partial charge is 0.0168 e. The van der Waals surface area contributed by atoms with Crippen LogP contribution in [0.2, 0.25) is 0 Å². The zero-order valence-electron chi connectivity index (χ0n) is 9.28. The van der Waals surface area contributed by atoms with Gasteiger partial charge in [-0.15, -0.1) is 0 Å². The van der Waals surface area contributed by atoms with Crippen molar-refractivity contribution in [3.05, 3.63) is 0 Å². The number of hydrogen-bond donors (Lipinski definition) is 1. The maximum Gasteiger partial charge on any atom is 0.0168 e. The van der Waals surface area contributed by atoms with Crippen LogP contribution in [0.15, 0.2) is 0 Å². The van der Waals surface area contributed by atoms with E-state index in [-0.39, 0.29) is 0 Å². The van der Waals surface area contributed by atoms with Crippen molar-refractivity contribution in [1.29, 1.82) is 0 Å². The lowest BCUT2D eigenvalue weighted by atomic mass is 9.98. The average Bonchev–Trinajstić information content (AvgIpc) is 2.19. The predicted molar refractivity (Wildman–Crippen MR) is 59.3 cm³/mol. The molecule has 0 spiro atoms. The van der Waals surface area contributed by atoms with Gasteiger partial charge in [0.1, 0.15) is 0 Å². The summed E-state index contributed by atoms with van der Waals surface area (Å²) in [6, 6.07) is 1.25. The second kappa shape index (κ2) is 4.60. The van der Waals surface area contributed by atoms with Gasteiger partial charge in [0.15, 0.2) is 0 Å². The molecule has 0 amide bonds. The topological polar surface area (TPSA) is 32.5 Å². The Kier molecular flexibility index (Phi) is 3.42. The van der Waals surface area contributed by atoms with Gasteiger partial charge in [0.05, 0.1) is 0 Å². The largest absolute Gasteiger partial charge is 0.327 e. The first-order valence-electron chi connectivity index (χ1n) is 5.94. The monoisotopic (exact) mass is 197 g/mol. The second-order valence-corrected chi connectivity index (χ2v) is 4.93. The van der Waals surface area contributed by atoms with Crippen LogP contribution in [-0.2, 0) is 0 Å². The van der Waals surface area contributed by atoms with Crippen LogP contribution in [0.1, 0.15) is 25.7 Å². The van der Waals surface area contributed by atoms with E-state index in [0.29, 0.717) is 6.04 Å². The van der Waals surface area contributed by atoms with Gasteiger partial charge in [-0.05, 0) is 52.4 Å². The summed E-state index contributed by atoms with van der Waals surface area (Å²) in [5.41, 5.74) is 6.01. The molecule has 1 unspecified atom stereocenters. The molecule has 2 aliphatic heterocycles. The third-order valence-corrected chi connectivity index (χ3v) is 3.69. The first-order chi connectivity index (χ1) is 6.75. The van der Waals surface area contributed by atoms with Crippen LogP contribution in [0.4, 0.5) is 0 Å². The van der Waals surface area contributed by atoms with Crippen molar-refractivity contribution < 1.29 is 0 Å². The number of nitrogens with zero attached hydrogens (tertiary/aromatic N) is 2. The number of piperidine rings is 2. The van der Waals surface area contributed by atoms with Gasteiger partial charge in [0.25, 0.3) is 0 Å². The minimum absolute atomic E-state index is 0.434. The normalized spacial score (nSPS) is 33.4. The number of likely N-dealkylation sites (tertiary alicyclic amines) is 2. The molecule has 2 aliphatic rings. The number of rotatable bonds is 1. The van der Waals surface area contributed by atoms with Crippen LogP contribution >= 0.6 is 0 Å². The Morgan fingerprint density at radius 1 is 1.07 bits per heavy atom. The van der Waals surface area contributed by atoms with Gasteiger partial charge < -0.3 is 10.6 Å². The molecule has 0 aromatic heterocycles. The molecule has 0 aromatic rings. The van der Waals surface area contributed by atoms with Gasteiger partial charge in [0.2, 0.25) is 0 Å². The number of hydrogen-bond acceptors (Lipinski definition) is 3. The Bertz CT molecular complexity index is 175. The minimum atomic E-state index is 0.434. The van der Waals surface area contributed by atoms with Gasteiger partial charge in [-0.25, -0.2) is 0 Å². The first-order valence-corrected chi connectivity index (χ1v) is 5.94. The highest BCUT2D eigenvalue weighted by atomic mass is 15.2. The van der Waals surface area contributed by atoms with Crippen molar-refractivity contribution in [2.24, 2.45) is 5.73 Å². The average molecular weight is 197 g/mol. The van der Waals surface area contributed by atoms with Crippen molar-refractivity contribution in [2.45, 2.75) is 37.8 Å². The summed E-state index contributed by atoms with van der Waals surface area (Å²) in [6.45, 7) is 4.93. The molecule has 2 N–H and O–H groups in total. The Morgan fingerprint density at radius 2 is 1.79 bits per heavy atom. The molecule has 0 bridgehead atoms. The molecule has 3 nitrogen and oxygen atoms in total. The summed E-state index contributed by atoms with van der Waals surface area (Å²) in [5.74, 6) is 0. The highest BCUT2D eigenvalue weighted by Gasteiger charge is 2.26. The van der Waals surface area contributed by atoms with Gasteiger partial charge in [-0.3, -0.25) is 4.90 Å². The quantitative estimate of drug-likeness (QED) is 0.664. The molecule has 82 valence electrons. The standard InChI is InChI=1S/C11H23N3/c1-13-7-4-11(5-8-13)14-6-2-3-10(12)9-14/h10-11H,2-9,12H2,1H3. The molecule has 2 rings (SSSR count). The molecule has 2 heterocycles. The molecule has 0 aromatic carbocycles. The molecule has 2 fully saturated rings. The molecule has 0 aliphatic carbocycles. The van der Waals surface area contributed by atoms with Crippen LogP contribution in [-0.4, -0.2) is 55.1 Å². The predicted octanol–water partition coefficient (Wildman–Crippen LogP) is 0.504. The van der Waals surface area contributed by atoms with Crippen molar-refractivity contribution in [3.8, 4) is 0 Å². The number of nitrogens with two attached hydrogens (primary N) is 1. The molecule has 1 atom stereocenters. The van der Waals surface area contributed by atoms with Crippen LogP contribution in [0.25, 0.3) is 0 Å². The molecule has 14 heavy (non-hydrogen) atoms. The maximum atomic E-state index is 6.01. The van der Waals surface area contributed by atoms with E-state index in [0.717, 1.165) is 12.6 Å². The summed E-state index contributed by atoms with van der Waals surface area (Å²) >= 11 is 0. The SMILES string of the molecule is CN1CCC(N2CCCC(N)C2)CC1. The highest BCUT2D eigenvalue weighted by Crippen LogP contribution is 2.19. The van der Waals surface area contributed by atoms with Crippen LogP contribution in [0, 0.1) is 0 Å². The van der Waals surface area contributed by atoms with E-state index in [4.69, 9.17) is 5.73 Å². The van der Waals surface area contributed by atoms with E-state index in [1.54, 1.807) is 0 Å². The molecular formula is C11H23N3. The van der Waals surface area contributed by atoms with Crippen LogP contribution in [0.3, 0.4) is 0 Å². The third kappa shape index (κ3) is 2.47. The van der Waals surface area contributed by atoms with E-state index in [1.807, 2.05) is 0 Å². The Labute approximate surface area is 87.2 Å². The third-order valence-electron chi connectivity index (χ3n) is 3.69. The zero-order chi connectivity index (χ0) is 9.97. The summed E-state index contributed by atoms with van der Waals surface area (Å²) in [5, 5.41) is 0. The maximum absolute atomic E-state index is 6.01. The van der Waals surface area contributed by atoms with E-state index in [9.17, 15) is 0 Å². The van der Waals surface area contributed by atoms with Crippen molar-refractivity contribution in [1.82, 2.24) is 9.80 Å². The fourth-order valence-corrected chi connectivity index (χ4v) is 2.73. The van der Waals surface area contributed by atoms with Crippen LogP contribution in [0.5, 0.6) is 0 Å². The lowest BCUT2D eigenvalue weighted by Crippen LogP contribution is -2.50. The Hall–Kier alpha value is -0.120. The molecule has 3 heteroatoms. The second-order valence-electron chi connectivity index (χ2n) is 4.93. The van der Waals surface area contributed by atoms with E-state index < -0.39 is 0 Å². The molecular weight excluding hydrogens is 174 g/mol. The van der Waals surface area contributed by atoms with Gasteiger partial charge in [-0.1, -0.05) is 0 Å². The summed E-state index contributed by atoms with van der Waals surface area (Å²) < 4.78 is 0. The fraction of sp³-hybridized carbons (Fsp3) is 1.00. The van der Waals surface area contributed by atoms with Gasteiger partial charge >= 0.3 is 0 Å². The zero-order valence-corrected chi connectivity index (χ0v) is 9.28. The van der Waals surface area contributed by atoms with Crippen molar-refractivity contribution >= 4 is 0 Å². The van der Waals surface area contributed by atoms with E-state index in [1.165, 1.54) is 45.3 Å². The first kappa shape index (κ1) is 10.4. The van der Waals surface area contributed by atoms with Gasteiger partial charge in [0, 0.05) is 18.6 Å². The minimum Gasteiger partial charge on any atom is -0.327 e. The molecule has 2 saturated heterocycles. The highest BCUT2D eigenvalue weighted by molar-refractivity contribution is 4.84. The molecule has 0 saturated carbocycles. The Balaban J connectivity index is 1.82. The summed E-state index contributed by atoms with van der Waals surface area (Å²) in [4.78, 5) is 5.06. The lowest BCUT2D eigenvalue weighted by molar-refractivity contribution is 0.0950. The van der Waals surface area contributed by atoms with Gasteiger partial charge in [-0.2, -0.15) is 0 Å². The van der Waals surface area contributed by atoms with E-state index >= 15 is 0 Å². The Morgan fingerprint density at radius 3 is 2.43 bits per heavy atom. The van der Waals surface area contributed by atoms with Crippen molar-refractivity contribution in [3.63, 3.8) is 0 Å². The lowest BCUT2D eigenvalue weighted by Gasteiger charge is -2.40. The van der Waals surface area contributed by atoms with Crippen LogP contribution < -0.4 is 5.73 Å². The summed E-state index contributed by atoms with van der Waals surface area (Å²) in [7, 11) is 2.22. The van der Waals surface area contributed by atoms with E-state index in [2.05, 4.69) is 16.8 Å².